The fourth-order valence-electron chi connectivity index (χ4n) is 4.79. The van der Waals surface area contributed by atoms with Gasteiger partial charge in [0.15, 0.2) is 5.65 Å². The zero-order valence-corrected chi connectivity index (χ0v) is 17.9. The second-order valence-electron chi connectivity index (χ2n) is 8.88. The van der Waals surface area contributed by atoms with Crippen LogP contribution in [-0.4, -0.2) is 41.2 Å². The SMILES string of the molecule is Cc1cc(-c2ccn3ncc(-c4cnn(C)c4)c3n2)cc2c1C(=O)N([C@@H](C)C1CC1)C2. The lowest BCUT2D eigenvalue weighted by molar-refractivity contribution is 0.0697. The normalized spacial score (nSPS) is 16.9. The highest BCUT2D eigenvalue weighted by molar-refractivity contribution is 6.00. The van der Waals surface area contributed by atoms with Crippen LogP contribution < -0.4 is 0 Å². The van der Waals surface area contributed by atoms with E-state index in [1.165, 1.54) is 12.8 Å². The van der Waals surface area contributed by atoms with Crippen molar-refractivity contribution >= 4 is 11.6 Å². The lowest BCUT2D eigenvalue weighted by Crippen LogP contribution is -2.34. The van der Waals surface area contributed by atoms with Gasteiger partial charge in [-0.3, -0.25) is 9.48 Å². The molecule has 3 aromatic heterocycles. The number of hydrogen-bond acceptors (Lipinski definition) is 4. The van der Waals surface area contributed by atoms with Crippen LogP contribution in [0.5, 0.6) is 0 Å². The van der Waals surface area contributed by atoms with Gasteiger partial charge in [-0.2, -0.15) is 10.2 Å². The number of aromatic nitrogens is 5. The van der Waals surface area contributed by atoms with Crippen LogP contribution in [0.2, 0.25) is 0 Å². The number of hydrogen-bond donors (Lipinski definition) is 0. The van der Waals surface area contributed by atoms with Gasteiger partial charge in [-0.1, -0.05) is 0 Å². The van der Waals surface area contributed by atoms with Gasteiger partial charge in [0, 0.05) is 54.3 Å². The smallest absolute Gasteiger partial charge is 0.255 e. The maximum atomic E-state index is 13.1. The van der Waals surface area contributed by atoms with Crippen LogP contribution in [0, 0.1) is 12.8 Å². The molecule has 156 valence electrons. The highest BCUT2D eigenvalue weighted by Crippen LogP contribution is 2.39. The van der Waals surface area contributed by atoms with Crippen molar-refractivity contribution in [1.82, 2.24) is 29.3 Å². The van der Waals surface area contributed by atoms with Crippen LogP contribution >= 0.6 is 0 Å². The molecular weight excluding hydrogens is 388 g/mol. The minimum absolute atomic E-state index is 0.177. The molecule has 1 aromatic carbocycles. The van der Waals surface area contributed by atoms with Crippen LogP contribution in [0.4, 0.5) is 0 Å². The molecule has 1 atom stereocenters. The van der Waals surface area contributed by atoms with E-state index in [0.29, 0.717) is 18.5 Å². The van der Waals surface area contributed by atoms with Gasteiger partial charge in [0.1, 0.15) is 0 Å². The number of nitrogens with zero attached hydrogens (tertiary/aromatic N) is 6. The van der Waals surface area contributed by atoms with Crippen LogP contribution in [0.15, 0.2) is 43.0 Å². The minimum atomic E-state index is 0.177. The van der Waals surface area contributed by atoms with E-state index in [9.17, 15) is 4.79 Å². The lowest BCUT2D eigenvalue weighted by atomic mass is 9.98. The van der Waals surface area contributed by atoms with Crippen molar-refractivity contribution in [3.05, 3.63) is 59.7 Å². The summed E-state index contributed by atoms with van der Waals surface area (Å²) in [6.45, 7) is 4.91. The zero-order valence-electron chi connectivity index (χ0n) is 17.9. The number of amides is 1. The van der Waals surface area contributed by atoms with E-state index in [1.807, 2.05) is 49.7 Å². The third kappa shape index (κ3) is 2.87. The van der Waals surface area contributed by atoms with Crippen LogP contribution in [0.3, 0.4) is 0 Å². The van der Waals surface area contributed by atoms with Crippen molar-refractivity contribution in [1.29, 1.82) is 0 Å². The van der Waals surface area contributed by atoms with E-state index in [4.69, 9.17) is 4.98 Å². The summed E-state index contributed by atoms with van der Waals surface area (Å²) in [6.07, 6.45) is 10.0. The molecule has 4 aromatic rings. The second-order valence-corrected chi connectivity index (χ2v) is 8.88. The molecule has 4 heterocycles. The maximum absolute atomic E-state index is 13.1. The molecular formula is C24H24N6O. The molecule has 1 aliphatic heterocycles. The summed E-state index contributed by atoms with van der Waals surface area (Å²) >= 11 is 0. The fraction of sp³-hybridized carbons (Fsp3) is 0.333. The molecule has 0 saturated heterocycles. The topological polar surface area (TPSA) is 68.3 Å². The Balaban J connectivity index is 1.41. The Morgan fingerprint density at radius 2 is 1.97 bits per heavy atom. The number of fused-ring (bicyclic) bond motifs is 2. The first-order valence-corrected chi connectivity index (χ1v) is 10.8. The number of aryl methyl sites for hydroxylation is 2. The van der Waals surface area contributed by atoms with Gasteiger partial charge in [0.2, 0.25) is 0 Å². The molecule has 7 nitrogen and oxygen atoms in total. The van der Waals surface area contributed by atoms with Gasteiger partial charge in [-0.25, -0.2) is 9.50 Å². The Morgan fingerprint density at radius 1 is 1.13 bits per heavy atom. The largest absolute Gasteiger partial charge is 0.331 e. The molecule has 7 heteroatoms. The Hall–Kier alpha value is -3.48. The number of carbonyl (C=O) groups excluding carboxylic acids is 1. The molecule has 1 amide bonds. The summed E-state index contributed by atoms with van der Waals surface area (Å²) < 4.78 is 3.56. The van der Waals surface area contributed by atoms with E-state index < -0.39 is 0 Å². The molecule has 2 aliphatic rings. The lowest BCUT2D eigenvalue weighted by Gasteiger charge is -2.24. The highest BCUT2D eigenvalue weighted by Gasteiger charge is 2.39. The van der Waals surface area contributed by atoms with E-state index in [2.05, 4.69) is 29.3 Å². The Bertz CT molecular complexity index is 1350. The van der Waals surface area contributed by atoms with Crippen molar-refractivity contribution < 1.29 is 4.79 Å². The standard InChI is InChI=1S/C24H24N6O/c1-14-8-17(9-18-13-29(24(31)22(14)18)15(2)16-4-5-16)21-6-7-30-23(27-21)20(11-26-30)19-10-25-28(3)12-19/h6-12,15-16H,4-5,13H2,1-3H3/t15-/m0/s1. The average Bonchev–Trinajstić information content (AvgIpc) is 3.24. The van der Waals surface area contributed by atoms with Gasteiger partial charge >= 0.3 is 0 Å². The summed E-state index contributed by atoms with van der Waals surface area (Å²) in [5.41, 5.74) is 7.65. The first-order valence-electron chi connectivity index (χ1n) is 10.8. The van der Waals surface area contributed by atoms with Crippen molar-refractivity contribution in [3.8, 4) is 22.4 Å². The maximum Gasteiger partial charge on any atom is 0.255 e. The van der Waals surface area contributed by atoms with Crippen molar-refractivity contribution in [2.45, 2.75) is 39.3 Å². The average molecular weight is 412 g/mol. The third-order valence-corrected chi connectivity index (χ3v) is 6.71. The molecule has 1 fully saturated rings. The van der Waals surface area contributed by atoms with Crippen LogP contribution in [0.1, 0.15) is 41.3 Å². The van der Waals surface area contributed by atoms with Crippen molar-refractivity contribution in [2.75, 3.05) is 0 Å². The van der Waals surface area contributed by atoms with Gasteiger partial charge < -0.3 is 4.90 Å². The van der Waals surface area contributed by atoms with Crippen LogP contribution in [0.25, 0.3) is 28.0 Å². The third-order valence-electron chi connectivity index (χ3n) is 6.71. The highest BCUT2D eigenvalue weighted by atomic mass is 16.2. The summed E-state index contributed by atoms with van der Waals surface area (Å²) in [5.74, 6) is 0.839. The van der Waals surface area contributed by atoms with Gasteiger partial charge in [0.05, 0.1) is 18.1 Å². The molecule has 0 radical (unpaired) electrons. The molecule has 31 heavy (non-hydrogen) atoms. The molecule has 0 N–H and O–H groups in total. The summed E-state index contributed by atoms with van der Waals surface area (Å²) in [7, 11) is 1.90. The Morgan fingerprint density at radius 3 is 2.71 bits per heavy atom. The molecule has 0 spiro atoms. The summed E-state index contributed by atoms with van der Waals surface area (Å²) in [5, 5.41) is 8.71. The van der Waals surface area contributed by atoms with Gasteiger partial charge in [0.25, 0.3) is 5.91 Å². The Labute approximate surface area is 180 Å². The first kappa shape index (κ1) is 18.3. The molecule has 6 rings (SSSR count). The van der Waals surface area contributed by atoms with Gasteiger partial charge in [-0.05, 0) is 61.9 Å². The molecule has 1 saturated carbocycles. The zero-order chi connectivity index (χ0) is 21.3. The second kappa shape index (κ2) is 6.51. The van der Waals surface area contributed by atoms with Crippen molar-refractivity contribution in [2.24, 2.45) is 13.0 Å². The summed E-state index contributed by atoms with van der Waals surface area (Å²) in [6, 6.07) is 6.51. The molecule has 0 bridgehead atoms. The van der Waals surface area contributed by atoms with E-state index in [0.717, 1.165) is 44.7 Å². The monoisotopic (exact) mass is 412 g/mol. The Kier molecular flexibility index (Phi) is 3.84. The molecule has 1 aliphatic carbocycles. The minimum Gasteiger partial charge on any atom is -0.331 e. The molecule has 0 unspecified atom stereocenters. The van der Waals surface area contributed by atoms with Crippen molar-refractivity contribution in [3.63, 3.8) is 0 Å². The number of carbonyl (C=O) groups is 1. The summed E-state index contributed by atoms with van der Waals surface area (Å²) in [4.78, 5) is 20.1. The fourth-order valence-corrected chi connectivity index (χ4v) is 4.79. The van der Waals surface area contributed by atoms with E-state index in [-0.39, 0.29) is 5.91 Å². The van der Waals surface area contributed by atoms with E-state index in [1.54, 1.807) is 9.20 Å². The quantitative estimate of drug-likeness (QED) is 0.510. The predicted octanol–water partition coefficient (Wildman–Crippen LogP) is 3.86. The number of benzene rings is 1. The first-order chi connectivity index (χ1) is 15.0. The van der Waals surface area contributed by atoms with Crippen LogP contribution in [-0.2, 0) is 13.6 Å². The number of rotatable bonds is 4. The van der Waals surface area contributed by atoms with E-state index >= 15 is 0 Å². The van der Waals surface area contributed by atoms with Gasteiger partial charge in [-0.15, -0.1) is 0 Å². The predicted molar refractivity (Wildman–Crippen MR) is 117 cm³/mol.